The Morgan fingerprint density at radius 1 is 1.04 bits per heavy atom. The minimum atomic E-state index is -0.759. The predicted octanol–water partition coefficient (Wildman–Crippen LogP) is 9.82. The molecule has 2 N–H and O–H groups in total. The maximum Gasteiger partial charge on any atom is 0.320 e. The molecule has 1 aromatic heterocycles. The van der Waals surface area contributed by atoms with Crippen molar-refractivity contribution in [2.75, 3.05) is 20.3 Å². The Morgan fingerprint density at radius 3 is 2.50 bits per heavy atom. The van der Waals surface area contributed by atoms with Crippen LogP contribution < -0.4 is 4.74 Å². The van der Waals surface area contributed by atoms with E-state index >= 15 is 0 Å². The molecule has 1 aliphatic rings. The Kier molecular flexibility index (Phi) is 11.2. The van der Waals surface area contributed by atoms with Gasteiger partial charge in [-0.3, -0.25) is 9.69 Å². The first-order valence-electron chi connectivity index (χ1n) is 18.1. The summed E-state index contributed by atoms with van der Waals surface area (Å²) >= 11 is 0. The molecule has 2 heterocycles. The zero-order chi connectivity index (χ0) is 36.9. The zero-order valence-electron chi connectivity index (χ0n) is 30.7. The van der Waals surface area contributed by atoms with Crippen molar-refractivity contribution < 1.29 is 24.2 Å². The molecule has 8 nitrogen and oxygen atoms in total. The van der Waals surface area contributed by atoms with Crippen LogP contribution in [0.25, 0.3) is 50.7 Å². The number of carboxylic acids is 1. The van der Waals surface area contributed by atoms with Gasteiger partial charge < -0.3 is 19.4 Å². The molecule has 0 radical (unpaired) electrons. The molecule has 6 rings (SSSR count). The SMILES string of the molecule is [C-]#[N+]c1cc(CC[C@@H](C)CO)cc2nc(-c3cccc(-c4cccc(/C=C/c5cc(OC)c(CN6CCCC[C@H]6C(=O)O)cc5C)c4C)c3C)oc12. The molecule has 1 aliphatic heterocycles. The third kappa shape index (κ3) is 7.67. The molecule has 1 fully saturated rings. The number of likely N-dealkylation sites (tertiary alicyclic amines) is 1. The third-order valence-corrected chi connectivity index (χ3v) is 10.5. The van der Waals surface area contributed by atoms with Gasteiger partial charge in [-0.05, 0) is 122 Å². The summed E-state index contributed by atoms with van der Waals surface area (Å²) in [6.07, 6.45) is 8.45. The number of fused-ring (bicyclic) bond motifs is 1. The zero-order valence-corrected chi connectivity index (χ0v) is 30.7. The minimum absolute atomic E-state index is 0.140. The summed E-state index contributed by atoms with van der Waals surface area (Å²) in [5.74, 6) is 0.674. The summed E-state index contributed by atoms with van der Waals surface area (Å²) in [6, 6.07) is 20.0. The largest absolute Gasteiger partial charge is 0.496 e. The Labute approximate surface area is 306 Å². The number of hydrogen-bond acceptors (Lipinski definition) is 6. The van der Waals surface area contributed by atoms with Crippen LogP contribution in [0.1, 0.15) is 71.6 Å². The molecule has 0 saturated carbocycles. The molecule has 0 aliphatic carbocycles. The van der Waals surface area contributed by atoms with Crippen LogP contribution in [0, 0.1) is 33.3 Å². The van der Waals surface area contributed by atoms with Crippen LogP contribution in [-0.4, -0.2) is 52.4 Å². The number of carboxylic acid groups (broad SMARTS) is 1. The number of rotatable bonds is 12. The van der Waals surface area contributed by atoms with Crippen LogP contribution in [0.4, 0.5) is 5.69 Å². The number of aliphatic hydroxyl groups is 1. The molecule has 8 heteroatoms. The van der Waals surface area contributed by atoms with Gasteiger partial charge >= 0.3 is 5.97 Å². The van der Waals surface area contributed by atoms with Gasteiger partial charge in [-0.15, -0.1) is 0 Å². The van der Waals surface area contributed by atoms with Crippen molar-refractivity contribution in [1.82, 2.24) is 9.88 Å². The molecule has 0 spiro atoms. The second-order valence-corrected chi connectivity index (χ2v) is 14.1. The molecule has 0 unspecified atom stereocenters. The van der Waals surface area contributed by atoms with Gasteiger partial charge in [0, 0.05) is 24.3 Å². The van der Waals surface area contributed by atoms with Crippen molar-refractivity contribution in [1.29, 1.82) is 0 Å². The summed E-state index contributed by atoms with van der Waals surface area (Å²) in [7, 11) is 1.67. The molecule has 5 aromatic rings. The normalized spacial score (nSPS) is 15.6. The predicted molar refractivity (Wildman–Crippen MR) is 208 cm³/mol. The maximum absolute atomic E-state index is 11.9. The number of aliphatic hydroxyl groups excluding tert-OH is 1. The second-order valence-electron chi connectivity index (χ2n) is 14.1. The minimum Gasteiger partial charge on any atom is -0.496 e. The van der Waals surface area contributed by atoms with Gasteiger partial charge in [0.2, 0.25) is 11.6 Å². The van der Waals surface area contributed by atoms with E-state index in [0.29, 0.717) is 35.6 Å². The van der Waals surface area contributed by atoms with E-state index in [-0.39, 0.29) is 12.5 Å². The first kappa shape index (κ1) is 36.6. The van der Waals surface area contributed by atoms with Crippen molar-refractivity contribution in [3.8, 4) is 28.3 Å². The monoisotopic (exact) mass is 697 g/mol. The van der Waals surface area contributed by atoms with Gasteiger partial charge in [0.05, 0.1) is 19.2 Å². The van der Waals surface area contributed by atoms with Crippen LogP contribution in [0.3, 0.4) is 0 Å². The number of hydrogen-bond donors (Lipinski definition) is 2. The molecular formula is C44H47N3O5. The van der Waals surface area contributed by atoms with Gasteiger partial charge in [-0.25, -0.2) is 9.83 Å². The quantitative estimate of drug-likeness (QED) is 0.0989. The summed E-state index contributed by atoms with van der Waals surface area (Å²) in [6.45, 7) is 17.5. The van der Waals surface area contributed by atoms with Crippen LogP contribution >= 0.6 is 0 Å². The molecule has 0 amide bonds. The van der Waals surface area contributed by atoms with Crippen molar-refractivity contribution in [3.63, 3.8) is 0 Å². The van der Waals surface area contributed by atoms with E-state index < -0.39 is 12.0 Å². The number of aryl methyl sites for hydroxylation is 2. The number of ether oxygens (including phenoxy) is 1. The fourth-order valence-electron chi connectivity index (χ4n) is 7.32. The smallest absolute Gasteiger partial charge is 0.320 e. The molecule has 4 aromatic carbocycles. The molecule has 268 valence electrons. The van der Waals surface area contributed by atoms with E-state index in [1.807, 2.05) is 37.3 Å². The van der Waals surface area contributed by atoms with Crippen LogP contribution in [-0.2, 0) is 17.8 Å². The Balaban J connectivity index is 1.28. The highest BCUT2D eigenvalue weighted by atomic mass is 16.5. The standard InChI is InChI=1S/C44H47N3O5/c1-27(26-48)16-17-31-22-38(45-5)42-39(23-31)46-43(52-42)37-14-10-13-36(30(37)4)35-12-9-11-32(29(35)3)18-19-33-24-41(51-6)34(21-28(33)2)25-47-20-8-7-15-40(47)44(49)50/h9-14,18-19,21-24,27,40,48H,7-8,15-17,20,25-26H2,1-4,6H3,(H,49,50)/b19-18+/t27-,40+/m1/s1. The lowest BCUT2D eigenvalue weighted by atomic mass is 9.91. The highest BCUT2D eigenvalue weighted by Gasteiger charge is 2.29. The average molecular weight is 698 g/mol. The second kappa shape index (κ2) is 16.0. The summed E-state index contributed by atoms with van der Waals surface area (Å²) in [4.78, 5) is 22.6. The van der Waals surface area contributed by atoms with Crippen molar-refractivity contribution in [2.24, 2.45) is 5.92 Å². The Bertz CT molecular complexity index is 2180. The lowest BCUT2D eigenvalue weighted by molar-refractivity contribution is -0.144. The number of methoxy groups -OCH3 is 1. The number of piperidine rings is 1. The molecule has 1 saturated heterocycles. The summed E-state index contributed by atoms with van der Waals surface area (Å²) in [5, 5.41) is 19.2. The van der Waals surface area contributed by atoms with E-state index in [0.717, 1.165) is 93.6 Å². The van der Waals surface area contributed by atoms with E-state index in [4.69, 9.17) is 20.7 Å². The van der Waals surface area contributed by atoms with Gasteiger partial charge in [0.1, 0.15) is 11.8 Å². The van der Waals surface area contributed by atoms with E-state index in [9.17, 15) is 15.0 Å². The lowest BCUT2D eigenvalue weighted by Crippen LogP contribution is -2.44. The van der Waals surface area contributed by atoms with Gasteiger partial charge in [0.15, 0.2) is 5.58 Å². The molecule has 2 atom stereocenters. The number of oxazole rings is 1. The first-order valence-corrected chi connectivity index (χ1v) is 18.1. The van der Waals surface area contributed by atoms with Crippen molar-refractivity contribution in [3.05, 3.63) is 111 Å². The number of carbonyl (C=O) groups is 1. The number of aromatic nitrogens is 1. The fraction of sp³-hybridized carbons (Fsp3) is 0.341. The van der Waals surface area contributed by atoms with Gasteiger partial charge in [-0.2, -0.15) is 0 Å². The summed E-state index contributed by atoms with van der Waals surface area (Å²) in [5.41, 5.74) is 12.1. The van der Waals surface area contributed by atoms with Gasteiger partial charge in [-0.1, -0.05) is 67.5 Å². The highest BCUT2D eigenvalue weighted by molar-refractivity contribution is 5.90. The molecule has 52 heavy (non-hydrogen) atoms. The summed E-state index contributed by atoms with van der Waals surface area (Å²) < 4.78 is 12.1. The highest BCUT2D eigenvalue weighted by Crippen LogP contribution is 2.38. The average Bonchev–Trinajstić information content (AvgIpc) is 3.58. The fourth-order valence-corrected chi connectivity index (χ4v) is 7.32. The lowest BCUT2D eigenvalue weighted by Gasteiger charge is -2.33. The van der Waals surface area contributed by atoms with E-state index in [2.05, 4.69) is 73.0 Å². The number of benzene rings is 4. The maximum atomic E-state index is 11.9. The van der Waals surface area contributed by atoms with Crippen molar-refractivity contribution in [2.45, 2.75) is 72.4 Å². The van der Waals surface area contributed by atoms with Crippen LogP contribution in [0.15, 0.2) is 65.1 Å². The van der Waals surface area contributed by atoms with E-state index in [1.165, 1.54) is 0 Å². The van der Waals surface area contributed by atoms with Crippen LogP contribution in [0.2, 0.25) is 0 Å². The van der Waals surface area contributed by atoms with Crippen LogP contribution in [0.5, 0.6) is 5.75 Å². The Hall–Kier alpha value is -5.23. The molecule has 0 bridgehead atoms. The molecular weight excluding hydrogens is 651 g/mol. The Morgan fingerprint density at radius 2 is 1.77 bits per heavy atom. The number of aliphatic carboxylic acids is 1. The third-order valence-electron chi connectivity index (χ3n) is 10.5. The number of nitrogens with zero attached hydrogens (tertiary/aromatic N) is 3. The van der Waals surface area contributed by atoms with Crippen molar-refractivity contribution >= 4 is 34.9 Å². The van der Waals surface area contributed by atoms with E-state index in [1.54, 1.807) is 7.11 Å². The first-order chi connectivity index (χ1) is 25.1. The topological polar surface area (TPSA) is 100 Å². The van der Waals surface area contributed by atoms with Gasteiger partial charge in [0.25, 0.3) is 0 Å².